The topological polar surface area (TPSA) is 82.4 Å². The first kappa shape index (κ1) is 22.0. The Hall–Kier alpha value is -3.21. The van der Waals surface area contributed by atoms with E-state index in [1.807, 2.05) is 0 Å². The molecule has 0 spiro atoms. The van der Waals surface area contributed by atoms with Gasteiger partial charge in [0.05, 0.1) is 30.6 Å². The summed E-state index contributed by atoms with van der Waals surface area (Å²) in [6.45, 7) is 0.623. The highest BCUT2D eigenvalue weighted by molar-refractivity contribution is 5.96. The van der Waals surface area contributed by atoms with Crippen LogP contribution >= 0.6 is 0 Å². The van der Waals surface area contributed by atoms with Crippen LogP contribution in [0.25, 0.3) is 10.9 Å². The predicted molar refractivity (Wildman–Crippen MR) is 109 cm³/mol. The third-order valence-electron chi connectivity index (χ3n) is 5.14. The zero-order chi connectivity index (χ0) is 22.7. The summed E-state index contributed by atoms with van der Waals surface area (Å²) in [6, 6.07) is 4.75. The Balaban J connectivity index is 1.71. The molecule has 0 unspecified atom stereocenters. The second-order valence-corrected chi connectivity index (χ2v) is 7.43. The number of hydrogen-bond donors (Lipinski definition) is 0. The molecule has 3 aromatic rings. The van der Waals surface area contributed by atoms with E-state index in [0.29, 0.717) is 55.2 Å². The van der Waals surface area contributed by atoms with Crippen LogP contribution in [0.3, 0.4) is 0 Å². The molecule has 0 N–H and O–H groups in total. The summed E-state index contributed by atoms with van der Waals surface area (Å²) in [7, 11) is 1.52. The summed E-state index contributed by atoms with van der Waals surface area (Å²) < 4.78 is 51.0. The van der Waals surface area contributed by atoms with E-state index in [2.05, 4.69) is 15.1 Å². The number of carbonyl (C=O) groups is 1. The Kier molecular flexibility index (Phi) is 6.26. The van der Waals surface area contributed by atoms with E-state index in [9.17, 15) is 18.0 Å². The minimum absolute atomic E-state index is 0.0776. The van der Waals surface area contributed by atoms with E-state index < -0.39 is 12.7 Å². The lowest BCUT2D eigenvalue weighted by molar-refractivity contribution is -0.141. The number of halogens is 3. The van der Waals surface area contributed by atoms with Crippen LogP contribution in [0.4, 0.5) is 13.2 Å². The molecule has 8 nitrogen and oxygen atoms in total. The van der Waals surface area contributed by atoms with Gasteiger partial charge in [-0.05, 0) is 18.6 Å². The third kappa shape index (κ3) is 4.98. The average Bonchev–Trinajstić information content (AvgIpc) is 2.94. The Bertz CT molecular complexity index is 1110. The molecule has 1 saturated heterocycles. The molecule has 0 bridgehead atoms. The van der Waals surface area contributed by atoms with Crippen molar-refractivity contribution in [2.24, 2.45) is 0 Å². The zero-order valence-electron chi connectivity index (χ0n) is 17.4. The molecule has 11 heteroatoms. The number of fused-ring (bicyclic) bond motifs is 1. The molecular formula is C21H22F3N5O3. The summed E-state index contributed by atoms with van der Waals surface area (Å²) >= 11 is 0. The van der Waals surface area contributed by atoms with E-state index in [4.69, 9.17) is 9.47 Å². The second-order valence-electron chi connectivity index (χ2n) is 7.43. The van der Waals surface area contributed by atoms with E-state index >= 15 is 0 Å². The molecule has 170 valence electrons. The van der Waals surface area contributed by atoms with Gasteiger partial charge in [0, 0.05) is 50.0 Å². The van der Waals surface area contributed by atoms with Gasteiger partial charge in [-0.3, -0.25) is 19.4 Å². The molecule has 32 heavy (non-hydrogen) atoms. The lowest BCUT2D eigenvalue weighted by Crippen LogP contribution is -2.33. The molecule has 0 aliphatic carbocycles. The number of aromatic nitrogens is 4. The zero-order valence-corrected chi connectivity index (χ0v) is 17.4. The van der Waals surface area contributed by atoms with Crippen LogP contribution in [0.1, 0.15) is 28.3 Å². The van der Waals surface area contributed by atoms with E-state index in [1.165, 1.54) is 19.4 Å². The van der Waals surface area contributed by atoms with Crippen LogP contribution in [0, 0.1) is 0 Å². The normalized spacial score (nSPS) is 15.1. The largest absolute Gasteiger partial charge is 0.497 e. The van der Waals surface area contributed by atoms with Crippen LogP contribution < -0.4 is 4.74 Å². The number of alkyl halides is 3. The number of rotatable bonds is 5. The molecule has 3 aromatic heterocycles. The molecule has 4 rings (SSSR count). The summed E-state index contributed by atoms with van der Waals surface area (Å²) in [5.74, 6) is 0.245. The highest BCUT2D eigenvalue weighted by atomic mass is 19.4. The number of ether oxygens (including phenoxy) is 2. The van der Waals surface area contributed by atoms with Crippen molar-refractivity contribution >= 4 is 16.8 Å². The Morgan fingerprint density at radius 3 is 2.84 bits per heavy atom. The summed E-state index contributed by atoms with van der Waals surface area (Å²) in [4.78, 5) is 23.0. The molecule has 0 atom stereocenters. The lowest BCUT2D eigenvalue weighted by atomic mass is 10.1. The number of nitrogens with zero attached hydrogens (tertiary/aromatic N) is 5. The number of hydrogen-bond acceptors (Lipinski definition) is 6. The van der Waals surface area contributed by atoms with Crippen molar-refractivity contribution in [2.45, 2.75) is 25.6 Å². The van der Waals surface area contributed by atoms with Gasteiger partial charge in [-0.1, -0.05) is 0 Å². The van der Waals surface area contributed by atoms with Crippen molar-refractivity contribution < 1.29 is 27.4 Å². The number of amides is 1. The van der Waals surface area contributed by atoms with Gasteiger partial charge >= 0.3 is 6.18 Å². The first-order chi connectivity index (χ1) is 15.3. The molecule has 1 amide bonds. The fourth-order valence-electron chi connectivity index (χ4n) is 3.63. The highest BCUT2D eigenvalue weighted by Crippen LogP contribution is 2.26. The minimum atomic E-state index is -4.47. The minimum Gasteiger partial charge on any atom is -0.497 e. The molecule has 0 radical (unpaired) electrons. The summed E-state index contributed by atoms with van der Waals surface area (Å²) in [5, 5.41) is 4.62. The maximum Gasteiger partial charge on any atom is 0.408 e. The SMILES string of the molecule is COc1ccnc(Cc2nn(CC(F)(F)F)c3cc(C(=O)N4CCCOCC4)ncc23)c1. The van der Waals surface area contributed by atoms with Gasteiger partial charge in [0.25, 0.3) is 5.91 Å². The monoisotopic (exact) mass is 449 g/mol. The molecule has 4 heterocycles. The molecule has 0 saturated carbocycles. The van der Waals surface area contributed by atoms with Crippen LogP contribution in [-0.2, 0) is 17.7 Å². The molecule has 1 aliphatic heterocycles. The van der Waals surface area contributed by atoms with Gasteiger partial charge in [0.15, 0.2) is 0 Å². The quantitative estimate of drug-likeness (QED) is 0.596. The van der Waals surface area contributed by atoms with Crippen molar-refractivity contribution in [3.05, 3.63) is 47.7 Å². The van der Waals surface area contributed by atoms with Crippen molar-refractivity contribution in [1.82, 2.24) is 24.6 Å². The molecule has 1 aliphatic rings. The van der Waals surface area contributed by atoms with Gasteiger partial charge in [-0.25, -0.2) is 0 Å². The maximum atomic E-state index is 13.2. The van der Waals surface area contributed by atoms with E-state index in [1.54, 1.807) is 23.2 Å². The van der Waals surface area contributed by atoms with E-state index in [-0.39, 0.29) is 23.5 Å². The molecule has 0 aromatic carbocycles. The molecular weight excluding hydrogens is 427 g/mol. The first-order valence-electron chi connectivity index (χ1n) is 10.1. The number of carbonyl (C=O) groups excluding carboxylic acids is 1. The van der Waals surface area contributed by atoms with Gasteiger partial charge in [0.2, 0.25) is 0 Å². The van der Waals surface area contributed by atoms with Gasteiger partial charge in [-0.2, -0.15) is 18.3 Å². The average molecular weight is 449 g/mol. The van der Waals surface area contributed by atoms with Crippen LogP contribution in [0.15, 0.2) is 30.6 Å². The number of pyridine rings is 2. The van der Waals surface area contributed by atoms with Crippen molar-refractivity contribution in [3.63, 3.8) is 0 Å². The molecule has 1 fully saturated rings. The smallest absolute Gasteiger partial charge is 0.408 e. The standard InChI is InChI=1S/C21H22F3N5O3/c1-31-15-3-4-25-14(9-15)10-17-16-12-26-18(20(30)28-5-2-7-32-8-6-28)11-19(16)29(27-17)13-21(22,23)24/h3-4,9,11-12H,2,5-8,10,13H2,1H3. The van der Waals surface area contributed by atoms with Crippen LogP contribution in [-0.4, -0.2) is 70.1 Å². The predicted octanol–water partition coefficient (Wildman–Crippen LogP) is 2.85. The van der Waals surface area contributed by atoms with Crippen LogP contribution in [0.2, 0.25) is 0 Å². The fourth-order valence-corrected chi connectivity index (χ4v) is 3.63. The fraction of sp³-hybridized carbons (Fsp3) is 0.429. The highest BCUT2D eigenvalue weighted by Gasteiger charge is 2.30. The van der Waals surface area contributed by atoms with Gasteiger partial charge in [-0.15, -0.1) is 0 Å². The summed E-state index contributed by atoms with van der Waals surface area (Å²) in [5.41, 5.74) is 1.26. The first-order valence-corrected chi connectivity index (χ1v) is 10.1. The Morgan fingerprint density at radius 1 is 1.22 bits per heavy atom. The number of methoxy groups -OCH3 is 1. The van der Waals surface area contributed by atoms with Crippen LogP contribution in [0.5, 0.6) is 5.75 Å². The van der Waals surface area contributed by atoms with Crippen molar-refractivity contribution in [1.29, 1.82) is 0 Å². The summed E-state index contributed by atoms with van der Waals surface area (Å²) in [6.07, 6.45) is -0.621. The van der Waals surface area contributed by atoms with Crippen molar-refractivity contribution in [3.8, 4) is 5.75 Å². The van der Waals surface area contributed by atoms with Gasteiger partial charge < -0.3 is 14.4 Å². The second kappa shape index (κ2) is 9.11. The van der Waals surface area contributed by atoms with Crippen molar-refractivity contribution in [2.75, 3.05) is 33.4 Å². The van der Waals surface area contributed by atoms with Gasteiger partial charge in [0.1, 0.15) is 18.0 Å². The Morgan fingerprint density at radius 2 is 2.06 bits per heavy atom. The third-order valence-corrected chi connectivity index (χ3v) is 5.14. The lowest BCUT2D eigenvalue weighted by Gasteiger charge is -2.19. The maximum absolute atomic E-state index is 13.2. The Labute approximate surface area is 182 Å². The van der Waals surface area contributed by atoms with E-state index in [0.717, 1.165) is 4.68 Å².